The maximum absolute atomic E-state index is 13.1. The fourth-order valence-electron chi connectivity index (χ4n) is 3.70. The third-order valence-electron chi connectivity index (χ3n) is 5.14. The average molecular weight is 399 g/mol. The van der Waals surface area contributed by atoms with E-state index in [0.717, 1.165) is 42.8 Å². The van der Waals surface area contributed by atoms with Crippen molar-refractivity contribution in [3.63, 3.8) is 0 Å². The number of benzene rings is 2. The van der Waals surface area contributed by atoms with Crippen LogP contribution in [0.5, 0.6) is 5.75 Å². The highest BCUT2D eigenvalue weighted by atomic mass is 35.5. The first-order chi connectivity index (χ1) is 13.7. The first-order valence-electron chi connectivity index (χ1n) is 9.42. The fourth-order valence-corrected chi connectivity index (χ4v) is 3.89. The normalized spacial score (nSPS) is 16.9. The van der Waals surface area contributed by atoms with Crippen molar-refractivity contribution in [1.82, 2.24) is 9.80 Å². The molecule has 146 valence electrons. The molecule has 2 heterocycles. The fraction of sp³-hybridized carbons (Fsp3) is 0.333. The molecule has 2 aliphatic rings. The second-order valence-corrected chi connectivity index (χ2v) is 7.23. The summed E-state index contributed by atoms with van der Waals surface area (Å²) in [7, 11) is 1.58. The predicted octanol–water partition coefficient (Wildman–Crippen LogP) is 2.98. The van der Waals surface area contributed by atoms with Crippen LogP contribution in [0, 0.1) is 0 Å². The number of rotatable bonds is 3. The van der Waals surface area contributed by atoms with Crippen LogP contribution in [0.1, 0.15) is 10.4 Å². The van der Waals surface area contributed by atoms with Gasteiger partial charge in [0.15, 0.2) is 0 Å². The molecule has 0 radical (unpaired) electrons. The first kappa shape index (κ1) is 18.6. The molecule has 2 aromatic carbocycles. The minimum absolute atomic E-state index is 0.0639. The van der Waals surface area contributed by atoms with E-state index in [1.165, 1.54) is 0 Å². The Morgan fingerprint density at radius 3 is 2.50 bits per heavy atom. The van der Waals surface area contributed by atoms with Crippen molar-refractivity contribution >= 4 is 29.2 Å². The van der Waals surface area contributed by atoms with Crippen LogP contribution < -0.4 is 9.64 Å². The van der Waals surface area contributed by atoms with Crippen molar-refractivity contribution in [2.75, 3.05) is 51.3 Å². The van der Waals surface area contributed by atoms with Gasteiger partial charge < -0.3 is 14.5 Å². The lowest BCUT2D eigenvalue weighted by molar-refractivity contribution is 0.0839. The highest BCUT2D eigenvalue weighted by Gasteiger charge is 2.32. The molecule has 0 atom stereocenters. The van der Waals surface area contributed by atoms with E-state index in [4.69, 9.17) is 16.3 Å². The van der Waals surface area contributed by atoms with Crippen LogP contribution in [0.2, 0.25) is 5.02 Å². The number of nitrogens with zero attached hydrogens (tertiary/aromatic N) is 4. The van der Waals surface area contributed by atoms with Gasteiger partial charge in [-0.1, -0.05) is 29.8 Å². The number of anilines is 1. The van der Waals surface area contributed by atoms with Gasteiger partial charge in [-0.05, 0) is 30.3 Å². The van der Waals surface area contributed by atoms with Crippen molar-refractivity contribution in [3.8, 4) is 5.75 Å². The summed E-state index contributed by atoms with van der Waals surface area (Å²) in [4.78, 5) is 24.0. The van der Waals surface area contributed by atoms with E-state index in [0.29, 0.717) is 24.4 Å². The van der Waals surface area contributed by atoms with E-state index in [9.17, 15) is 4.79 Å². The Kier molecular flexibility index (Phi) is 5.39. The monoisotopic (exact) mass is 398 g/mol. The second kappa shape index (κ2) is 8.10. The lowest BCUT2D eigenvalue weighted by atomic mass is 10.1. The van der Waals surface area contributed by atoms with Crippen LogP contribution in [-0.2, 0) is 0 Å². The molecule has 2 aromatic rings. The van der Waals surface area contributed by atoms with Gasteiger partial charge in [-0.15, -0.1) is 0 Å². The van der Waals surface area contributed by atoms with Crippen molar-refractivity contribution in [1.29, 1.82) is 0 Å². The molecule has 0 aromatic heterocycles. The van der Waals surface area contributed by atoms with Gasteiger partial charge in [0.1, 0.15) is 5.75 Å². The van der Waals surface area contributed by atoms with Gasteiger partial charge in [0.25, 0.3) is 5.91 Å². The standard InChI is InChI=1S/C21H23ClN4O2/c1-28-19-8-3-2-7-18(19)20(27)26-10-9-23-21(26)25-13-11-24(12-14-25)17-6-4-5-16(22)15-17/h2-8,15H,9-14H2,1H3. The zero-order valence-electron chi connectivity index (χ0n) is 15.8. The van der Waals surface area contributed by atoms with Crippen LogP contribution >= 0.6 is 11.6 Å². The number of para-hydroxylation sites is 1. The smallest absolute Gasteiger partial charge is 0.264 e. The average Bonchev–Trinajstić information content (AvgIpc) is 3.23. The molecule has 0 saturated carbocycles. The SMILES string of the molecule is COc1ccccc1C(=O)N1CCN=C1N1CCN(c2cccc(Cl)c2)CC1. The van der Waals surface area contributed by atoms with Crippen LogP contribution in [-0.4, -0.2) is 68.0 Å². The molecule has 0 N–H and O–H groups in total. The van der Waals surface area contributed by atoms with Crippen molar-refractivity contribution < 1.29 is 9.53 Å². The molecule has 28 heavy (non-hydrogen) atoms. The highest BCUT2D eigenvalue weighted by Crippen LogP contribution is 2.24. The van der Waals surface area contributed by atoms with Gasteiger partial charge in [0.2, 0.25) is 5.96 Å². The summed E-state index contributed by atoms with van der Waals surface area (Å²) < 4.78 is 5.36. The molecule has 4 rings (SSSR count). The summed E-state index contributed by atoms with van der Waals surface area (Å²) >= 11 is 6.12. The number of carbonyl (C=O) groups is 1. The van der Waals surface area contributed by atoms with Gasteiger partial charge >= 0.3 is 0 Å². The summed E-state index contributed by atoms with van der Waals surface area (Å²) in [6, 6.07) is 15.2. The maximum atomic E-state index is 13.1. The first-order valence-corrected chi connectivity index (χ1v) is 9.80. The van der Waals surface area contributed by atoms with E-state index in [-0.39, 0.29) is 5.91 Å². The molecule has 0 aliphatic carbocycles. The molecule has 7 heteroatoms. The van der Waals surface area contributed by atoms with Gasteiger partial charge in [-0.25, -0.2) is 0 Å². The Morgan fingerprint density at radius 1 is 1.00 bits per heavy atom. The number of guanidine groups is 1. The number of hydrogen-bond donors (Lipinski definition) is 0. The Balaban J connectivity index is 1.45. The number of hydrogen-bond acceptors (Lipinski definition) is 5. The van der Waals surface area contributed by atoms with E-state index in [1.54, 1.807) is 18.1 Å². The largest absolute Gasteiger partial charge is 0.496 e. The molecular weight excluding hydrogens is 376 g/mol. The summed E-state index contributed by atoms with van der Waals surface area (Å²) in [5.74, 6) is 1.29. The molecule has 0 bridgehead atoms. The summed E-state index contributed by atoms with van der Waals surface area (Å²) in [5, 5.41) is 0.744. The van der Waals surface area contributed by atoms with Gasteiger partial charge in [-0.2, -0.15) is 0 Å². The number of halogens is 1. The van der Waals surface area contributed by atoms with E-state index in [1.807, 2.05) is 36.4 Å². The van der Waals surface area contributed by atoms with E-state index < -0.39 is 0 Å². The van der Waals surface area contributed by atoms with Crippen molar-refractivity contribution in [2.24, 2.45) is 4.99 Å². The summed E-state index contributed by atoms with van der Waals surface area (Å²) in [6.45, 7) is 4.56. The summed E-state index contributed by atoms with van der Waals surface area (Å²) in [6.07, 6.45) is 0. The minimum Gasteiger partial charge on any atom is -0.496 e. The highest BCUT2D eigenvalue weighted by molar-refractivity contribution is 6.30. The lowest BCUT2D eigenvalue weighted by Crippen LogP contribution is -2.53. The topological polar surface area (TPSA) is 48.4 Å². The molecule has 1 fully saturated rings. The van der Waals surface area contributed by atoms with Crippen molar-refractivity contribution in [3.05, 3.63) is 59.1 Å². The Bertz CT molecular complexity index is 893. The number of piperazine rings is 1. The van der Waals surface area contributed by atoms with Crippen LogP contribution in [0.15, 0.2) is 53.5 Å². The number of amides is 1. The third kappa shape index (κ3) is 3.64. The zero-order chi connectivity index (χ0) is 19.5. The molecular formula is C21H23ClN4O2. The van der Waals surface area contributed by atoms with Crippen LogP contribution in [0.3, 0.4) is 0 Å². The number of methoxy groups -OCH3 is 1. The Morgan fingerprint density at radius 2 is 1.75 bits per heavy atom. The summed E-state index contributed by atoms with van der Waals surface area (Å²) in [5.41, 5.74) is 1.69. The Labute approximate surface area is 170 Å². The number of aliphatic imine (C=N–C) groups is 1. The van der Waals surface area contributed by atoms with Gasteiger partial charge in [-0.3, -0.25) is 14.7 Å². The quantitative estimate of drug-likeness (QED) is 0.797. The minimum atomic E-state index is -0.0639. The lowest BCUT2D eigenvalue weighted by Gasteiger charge is -2.38. The molecule has 2 aliphatic heterocycles. The molecule has 1 amide bonds. The van der Waals surface area contributed by atoms with Gasteiger partial charge in [0.05, 0.1) is 19.2 Å². The predicted molar refractivity (Wildman–Crippen MR) is 112 cm³/mol. The second-order valence-electron chi connectivity index (χ2n) is 6.79. The van der Waals surface area contributed by atoms with Crippen molar-refractivity contribution in [2.45, 2.75) is 0 Å². The zero-order valence-corrected chi connectivity index (χ0v) is 16.6. The van der Waals surface area contributed by atoms with E-state index in [2.05, 4.69) is 20.9 Å². The van der Waals surface area contributed by atoms with E-state index >= 15 is 0 Å². The number of ether oxygens (including phenoxy) is 1. The molecule has 6 nitrogen and oxygen atoms in total. The van der Waals surface area contributed by atoms with Crippen LogP contribution in [0.4, 0.5) is 5.69 Å². The number of carbonyl (C=O) groups excluding carboxylic acids is 1. The van der Waals surface area contributed by atoms with Crippen LogP contribution in [0.25, 0.3) is 0 Å². The molecule has 1 saturated heterocycles. The molecule has 0 unspecified atom stereocenters. The molecule has 0 spiro atoms. The maximum Gasteiger partial charge on any atom is 0.264 e. The van der Waals surface area contributed by atoms with Gasteiger partial charge in [0, 0.05) is 43.4 Å². The third-order valence-corrected chi connectivity index (χ3v) is 5.37. The Hall–Kier alpha value is -2.73.